The zero-order valence-corrected chi connectivity index (χ0v) is 5.65. The van der Waals surface area contributed by atoms with E-state index in [9.17, 15) is 0 Å². The van der Waals surface area contributed by atoms with Gasteiger partial charge < -0.3 is 9.67 Å². The van der Waals surface area contributed by atoms with Crippen molar-refractivity contribution in [3.63, 3.8) is 0 Å². The van der Waals surface area contributed by atoms with Crippen LogP contribution < -0.4 is 0 Å². The van der Waals surface area contributed by atoms with E-state index in [1.54, 1.807) is 36.0 Å². The summed E-state index contributed by atoms with van der Waals surface area (Å²) in [6.07, 6.45) is 0.788. The Bertz CT molecular complexity index is 259. The van der Waals surface area contributed by atoms with Gasteiger partial charge in [-0.25, -0.2) is 0 Å². The van der Waals surface area contributed by atoms with Crippen LogP contribution in [-0.2, 0) is 7.05 Å². The summed E-state index contributed by atoms with van der Waals surface area (Å²) in [5, 5.41) is 17.3. The summed E-state index contributed by atoms with van der Waals surface area (Å²) in [5.41, 5.74) is 0.627. The van der Waals surface area contributed by atoms with E-state index in [0.717, 1.165) is 0 Å². The molecule has 0 amide bonds. The molecule has 3 nitrogen and oxygen atoms in total. The fraction of sp³-hybridized carbons (Fsp3) is 0.286. The van der Waals surface area contributed by atoms with Crippen molar-refractivity contribution in [2.45, 2.75) is 6.10 Å². The van der Waals surface area contributed by atoms with Crippen molar-refractivity contribution in [2.75, 3.05) is 0 Å². The minimum absolute atomic E-state index is 0.627. The molecule has 1 aromatic heterocycles. The van der Waals surface area contributed by atoms with Crippen LogP contribution in [0.15, 0.2) is 18.3 Å². The quantitative estimate of drug-likeness (QED) is 0.574. The van der Waals surface area contributed by atoms with E-state index in [2.05, 4.69) is 0 Å². The van der Waals surface area contributed by atoms with Crippen molar-refractivity contribution in [1.29, 1.82) is 5.26 Å². The van der Waals surface area contributed by atoms with Gasteiger partial charge in [0.1, 0.15) is 6.07 Å². The maximum absolute atomic E-state index is 9.02. The van der Waals surface area contributed by atoms with Crippen molar-refractivity contribution in [3.8, 4) is 6.07 Å². The molecule has 0 aliphatic heterocycles. The molecule has 0 radical (unpaired) electrons. The molecule has 0 unspecified atom stereocenters. The molecule has 1 heterocycles. The predicted molar refractivity (Wildman–Crippen MR) is 36.0 cm³/mol. The second-order valence-corrected chi connectivity index (χ2v) is 2.08. The summed E-state index contributed by atoms with van der Waals surface area (Å²) in [5.74, 6) is 0. The molecule has 0 saturated carbocycles. The number of rotatable bonds is 1. The number of aromatic nitrogens is 1. The summed E-state index contributed by atoms with van der Waals surface area (Å²) < 4.78 is 1.72. The van der Waals surface area contributed by atoms with Gasteiger partial charge in [0.25, 0.3) is 0 Å². The molecule has 1 N–H and O–H groups in total. The third-order valence-electron chi connectivity index (χ3n) is 1.39. The minimum atomic E-state index is -1.00. The van der Waals surface area contributed by atoms with E-state index in [4.69, 9.17) is 10.4 Å². The van der Waals surface area contributed by atoms with Crippen LogP contribution in [0.1, 0.15) is 11.8 Å². The summed E-state index contributed by atoms with van der Waals surface area (Å²) in [4.78, 5) is 0. The second-order valence-electron chi connectivity index (χ2n) is 2.08. The molecule has 0 spiro atoms. The van der Waals surface area contributed by atoms with Crippen molar-refractivity contribution in [3.05, 3.63) is 24.0 Å². The Morgan fingerprint density at radius 1 is 1.80 bits per heavy atom. The molecule has 0 aromatic carbocycles. The number of aliphatic hydroxyl groups is 1. The lowest BCUT2D eigenvalue weighted by Crippen LogP contribution is -2.00. The highest BCUT2D eigenvalue weighted by molar-refractivity contribution is 5.14. The summed E-state index contributed by atoms with van der Waals surface area (Å²) in [6, 6.07) is 5.25. The van der Waals surface area contributed by atoms with Crippen LogP contribution in [-0.4, -0.2) is 9.67 Å². The molecule has 3 heteroatoms. The maximum atomic E-state index is 9.02. The van der Waals surface area contributed by atoms with Gasteiger partial charge in [-0.2, -0.15) is 5.26 Å². The second kappa shape index (κ2) is 2.54. The van der Waals surface area contributed by atoms with Crippen molar-refractivity contribution in [2.24, 2.45) is 7.05 Å². The van der Waals surface area contributed by atoms with Gasteiger partial charge in [0.15, 0.2) is 6.10 Å². The van der Waals surface area contributed by atoms with Crippen LogP contribution in [0.2, 0.25) is 0 Å². The van der Waals surface area contributed by atoms with Gasteiger partial charge >= 0.3 is 0 Å². The van der Waals surface area contributed by atoms with Crippen LogP contribution >= 0.6 is 0 Å². The molecule has 10 heavy (non-hydrogen) atoms. The van der Waals surface area contributed by atoms with E-state index < -0.39 is 6.10 Å². The first-order chi connectivity index (χ1) is 4.75. The Balaban J connectivity index is 2.96. The molecular formula is C7H8N2O. The third kappa shape index (κ3) is 1.02. The monoisotopic (exact) mass is 136 g/mol. The van der Waals surface area contributed by atoms with Crippen molar-refractivity contribution in [1.82, 2.24) is 4.57 Å². The van der Waals surface area contributed by atoms with Crippen LogP contribution in [0.4, 0.5) is 0 Å². The summed E-state index contributed by atoms with van der Waals surface area (Å²) >= 11 is 0. The molecule has 0 bridgehead atoms. The number of nitrogens with zero attached hydrogens (tertiary/aromatic N) is 2. The SMILES string of the molecule is Cn1cccc1[C@@H](O)C#N. The lowest BCUT2D eigenvalue weighted by molar-refractivity contribution is 0.227. The van der Waals surface area contributed by atoms with Gasteiger partial charge in [-0.15, -0.1) is 0 Å². The summed E-state index contributed by atoms with van der Waals surface area (Å²) in [7, 11) is 1.79. The Labute approximate surface area is 59.1 Å². The molecule has 1 rings (SSSR count). The normalized spacial score (nSPS) is 12.5. The topological polar surface area (TPSA) is 49.0 Å². The van der Waals surface area contributed by atoms with Crippen LogP contribution in [0.3, 0.4) is 0 Å². The first-order valence-electron chi connectivity index (χ1n) is 2.94. The highest BCUT2D eigenvalue weighted by Crippen LogP contribution is 2.10. The molecule has 1 atom stereocenters. The predicted octanol–water partition coefficient (Wildman–Crippen LogP) is 0.582. The average molecular weight is 136 g/mol. The van der Waals surface area contributed by atoms with Gasteiger partial charge in [0.05, 0.1) is 5.69 Å². The Kier molecular flexibility index (Phi) is 1.74. The number of hydrogen-bond donors (Lipinski definition) is 1. The molecule has 0 aliphatic carbocycles. The first-order valence-corrected chi connectivity index (χ1v) is 2.94. The zero-order valence-electron chi connectivity index (χ0n) is 5.65. The molecule has 0 fully saturated rings. The van der Waals surface area contributed by atoms with Crippen LogP contribution in [0.5, 0.6) is 0 Å². The van der Waals surface area contributed by atoms with E-state index in [-0.39, 0.29) is 0 Å². The van der Waals surface area contributed by atoms with Gasteiger partial charge in [-0.3, -0.25) is 0 Å². The minimum Gasteiger partial charge on any atom is -0.373 e. The Morgan fingerprint density at radius 2 is 2.50 bits per heavy atom. The smallest absolute Gasteiger partial charge is 0.180 e. The van der Waals surface area contributed by atoms with E-state index in [1.165, 1.54) is 0 Å². The molecule has 1 aromatic rings. The zero-order chi connectivity index (χ0) is 7.56. The van der Waals surface area contributed by atoms with E-state index in [1.807, 2.05) is 0 Å². The lowest BCUT2D eigenvalue weighted by atomic mass is 10.3. The van der Waals surface area contributed by atoms with Gasteiger partial charge in [-0.1, -0.05) is 0 Å². The maximum Gasteiger partial charge on any atom is 0.180 e. The molecule has 0 aliphatic rings. The van der Waals surface area contributed by atoms with Crippen molar-refractivity contribution < 1.29 is 5.11 Å². The fourth-order valence-corrected chi connectivity index (χ4v) is 0.825. The number of aliphatic hydroxyl groups excluding tert-OH is 1. The standard InChI is InChI=1S/C7H8N2O/c1-9-4-2-3-6(9)7(10)5-8/h2-4,7,10H,1H3/t7-/m0/s1. The lowest BCUT2D eigenvalue weighted by Gasteiger charge is -2.01. The largest absolute Gasteiger partial charge is 0.373 e. The first kappa shape index (κ1) is 6.84. The molecule has 52 valence electrons. The number of nitriles is 1. The van der Waals surface area contributed by atoms with E-state index >= 15 is 0 Å². The Morgan fingerprint density at radius 3 is 2.90 bits per heavy atom. The fourth-order valence-electron chi connectivity index (χ4n) is 0.825. The molecular weight excluding hydrogens is 128 g/mol. The molecule has 0 saturated heterocycles. The van der Waals surface area contributed by atoms with E-state index in [0.29, 0.717) is 5.69 Å². The number of aryl methyl sites for hydroxylation is 1. The van der Waals surface area contributed by atoms with Crippen LogP contribution in [0.25, 0.3) is 0 Å². The average Bonchev–Trinajstić information content (AvgIpc) is 2.34. The summed E-state index contributed by atoms with van der Waals surface area (Å²) in [6.45, 7) is 0. The van der Waals surface area contributed by atoms with Crippen LogP contribution in [0, 0.1) is 11.3 Å². The highest BCUT2D eigenvalue weighted by atomic mass is 16.3. The van der Waals surface area contributed by atoms with Gasteiger partial charge in [-0.05, 0) is 12.1 Å². The third-order valence-corrected chi connectivity index (χ3v) is 1.39. The Hall–Kier alpha value is -1.27. The highest BCUT2D eigenvalue weighted by Gasteiger charge is 2.06. The van der Waals surface area contributed by atoms with Gasteiger partial charge in [0, 0.05) is 13.2 Å². The van der Waals surface area contributed by atoms with Crippen molar-refractivity contribution >= 4 is 0 Å². The number of hydrogen-bond acceptors (Lipinski definition) is 2. The van der Waals surface area contributed by atoms with Gasteiger partial charge in [0.2, 0.25) is 0 Å².